The van der Waals surface area contributed by atoms with Crippen LogP contribution in [0.5, 0.6) is 0 Å². The molecule has 4 rings (SSSR count). The number of fused-ring (bicyclic) bond motifs is 1. The molecule has 0 bridgehead atoms. The number of nitrogens with zero attached hydrogens (tertiary/aromatic N) is 5. The summed E-state index contributed by atoms with van der Waals surface area (Å²) in [6.45, 7) is 6.73. The van der Waals surface area contributed by atoms with Gasteiger partial charge in [0.2, 0.25) is 5.91 Å². The topological polar surface area (TPSA) is 93.7 Å². The first-order valence-electron chi connectivity index (χ1n) is 11.6. The molecule has 0 atom stereocenters. The van der Waals surface area contributed by atoms with Crippen LogP contribution in [0.15, 0.2) is 42.5 Å². The Kier molecular flexibility index (Phi) is 7.91. The van der Waals surface area contributed by atoms with Crippen molar-refractivity contribution in [1.82, 2.24) is 25.1 Å². The summed E-state index contributed by atoms with van der Waals surface area (Å²) in [6.07, 6.45) is 1.42. The Labute approximate surface area is 203 Å². The molecule has 0 unspecified atom stereocenters. The molecule has 3 heterocycles. The number of urea groups is 1. The molecule has 3 aromatic rings. The monoisotopic (exact) mass is 481 g/mol. The molecular formula is C24H31N7O2S. The molecule has 1 aliphatic rings. The van der Waals surface area contributed by atoms with Gasteiger partial charge >= 0.3 is 6.03 Å². The fourth-order valence-electron chi connectivity index (χ4n) is 3.92. The van der Waals surface area contributed by atoms with E-state index in [2.05, 4.69) is 20.5 Å². The van der Waals surface area contributed by atoms with E-state index in [0.717, 1.165) is 61.0 Å². The van der Waals surface area contributed by atoms with E-state index in [1.165, 1.54) is 11.3 Å². The molecule has 1 aliphatic heterocycles. The minimum absolute atomic E-state index is 0.225. The maximum Gasteiger partial charge on any atom is 0.321 e. The summed E-state index contributed by atoms with van der Waals surface area (Å²) in [4.78, 5) is 40.3. The number of anilines is 3. The molecule has 1 aromatic carbocycles. The van der Waals surface area contributed by atoms with E-state index in [1.807, 2.05) is 66.2 Å². The van der Waals surface area contributed by atoms with Crippen LogP contribution in [0.1, 0.15) is 19.8 Å². The van der Waals surface area contributed by atoms with Crippen molar-refractivity contribution in [3.63, 3.8) is 0 Å². The van der Waals surface area contributed by atoms with E-state index in [-0.39, 0.29) is 11.9 Å². The molecule has 2 N–H and O–H groups in total. The summed E-state index contributed by atoms with van der Waals surface area (Å²) in [7, 11) is 1.97. The number of hydrogen-bond acceptors (Lipinski definition) is 7. The minimum Gasteiger partial charge on any atom is -0.340 e. The molecule has 1 fully saturated rings. The van der Waals surface area contributed by atoms with Crippen LogP contribution in [0, 0.1) is 0 Å². The Balaban J connectivity index is 1.22. The van der Waals surface area contributed by atoms with Crippen LogP contribution in [0.4, 0.5) is 21.4 Å². The Bertz CT molecular complexity index is 1110. The SMILES string of the molecule is CCC(=O)N1CCN(CCCNC(=O)Nc2nc3ccc(N(C)c4ccccc4)nc3s2)CC1. The van der Waals surface area contributed by atoms with Gasteiger partial charge in [0.15, 0.2) is 5.13 Å². The number of rotatable bonds is 8. The van der Waals surface area contributed by atoms with Gasteiger partial charge in [-0.2, -0.15) is 0 Å². The van der Waals surface area contributed by atoms with E-state index in [9.17, 15) is 9.59 Å². The van der Waals surface area contributed by atoms with Gasteiger partial charge in [-0.25, -0.2) is 14.8 Å². The molecule has 0 aliphatic carbocycles. The first-order valence-corrected chi connectivity index (χ1v) is 12.5. The number of carbonyl (C=O) groups excluding carboxylic acids is 2. The largest absolute Gasteiger partial charge is 0.340 e. The van der Waals surface area contributed by atoms with Gasteiger partial charge in [-0.05, 0) is 37.2 Å². The van der Waals surface area contributed by atoms with Crippen LogP contribution in [-0.2, 0) is 4.79 Å². The molecule has 9 nitrogen and oxygen atoms in total. The summed E-state index contributed by atoms with van der Waals surface area (Å²) >= 11 is 1.36. The van der Waals surface area contributed by atoms with Gasteiger partial charge < -0.3 is 15.1 Å². The number of piperazine rings is 1. The van der Waals surface area contributed by atoms with Gasteiger partial charge in [0.1, 0.15) is 16.2 Å². The van der Waals surface area contributed by atoms with Crippen molar-refractivity contribution in [3.05, 3.63) is 42.5 Å². The average Bonchev–Trinajstić information content (AvgIpc) is 3.28. The highest BCUT2D eigenvalue weighted by atomic mass is 32.1. The number of amides is 3. The van der Waals surface area contributed by atoms with Crippen molar-refractivity contribution in [3.8, 4) is 0 Å². The van der Waals surface area contributed by atoms with E-state index < -0.39 is 0 Å². The second-order valence-electron chi connectivity index (χ2n) is 8.22. The average molecular weight is 482 g/mol. The lowest BCUT2D eigenvalue weighted by atomic mass is 10.2. The van der Waals surface area contributed by atoms with E-state index in [1.54, 1.807) is 0 Å². The van der Waals surface area contributed by atoms with Crippen LogP contribution in [0.25, 0.3) is 10.3 Å². The number of nitrogens with one attached hydrogen (secondary N) is 2. The smallest absolute Gasteiger partial charge is 0.321 e. The molecule has 0 spiro atoms. The van der Waals surface area contributed by atoms with Crippen molar-refractivity contribution in [2.75, 3.05) is 56.5 Å². The predicted molar refractivity (Wildman–Crippen MR) is 137 cm³/mol. The zero-order valence-corrected chi connectivity index (χ0v) is 20.5. The molecule has 180 valence electrons. The highest BCUT2D eigenvalue weighted by molar-refractivity contribution is 7.22. The lowest BCUT2D eigenvalue weighted by molar-refractivity contribution is -0.132. The number of hydrogen-bond donors (Lipinski definition) is 2. The molecule has 2 aromatic heterocycles. The number of benzene rings is 1. The molecule has 1 saturated heterocycles. The molecular weight excluding hydrogens is 450 g/mol. The first kappa shape index (κ1) is 23.9. The third kappa shape index (κ3) is 6.00. The summed E-state index contributed by atoms with van der Waals surface area (Å²) < 4.78 is 0. The van der Waals surface area contributed by atoms with Crippen molar-refractivity contribution < 1.29 is 9.59 Å². The highest BCUT2D eigenvalue weighted by Crippen LogP contribution is 2.28. The number of aromatic nitrogens is 2. The lowest BCUT2D eigenvalue weighted by Crippen LogP contribution is -2.49. The Morgan fingerprint density at radius 3 is 2.56 bits per heavy atom. The van der Waals surface area contributed by atoms with Gasteiger partial charge in [-0.1, -0.05) is 36.5 Å². The zero-order valence-electron chi connectivity index (χ0n) is 19.7. The summed E-state index contributed by atoms with van der Waals surface area (Å²) in [6, 6.07) is 13.6. The van der Waals surface area contributed by atoms with Gasteiger partial charge in [0, 0.05) is 51.9 Å². The van der Waals surface area contributed by atoms with Gasteiger partial charge in [-0.15, -0.1) is 0 Å². The van der Waals surface area contributed by atoms with E-state index in [0.29, 0.717) is 18.1 Å². The Hall–Kier alpha value is -3.24. The molecule has 0 radical (unpaired) electrons. The number of para-hydroxylation sites is 1. The minimum atomic E-state index is -0.265. The van der Waals surface area contributed by atoms with Crippen molar-refractivity contribution >= 4 is 50.3 Å². The van der Waals surface area contributed by atoms with Crippen LogP contribution in [-0.4, -0.2) is 78.0 Å². The van der Waals surface area contributed by atoms with Gasteiger partial charge in [-0.3, -0.25) is 15.0 Å². The second-order valence-corrected chi connectivity index (χ2v) is 9.20. The molecule has 3 amide bonds. The molecule has 10 heteroatoms. The van der Waals surface area contributed by atoms with Crippen molar-refractivity contribution in [2.45, 2.75) is 19.8 Å². The maximum atomic E-state index is 12.3. The third-order valence-electron chi connectivity index (χ3n) is 5.91. The summed E-state index contributed by atoms with van der Waals surface area (Å²) in [5.41, 5.74) is 1.80. The highest BCUT2D eigenvalue weighted by Gasteiger charge is 2.19. The summed E-state index contributed by atoms with van der Waals surface area (Å²) in [5, 5.41) is 6.24. The fourth-order valence-corrected chi connectivity index (χ4v) is 4.75. The Morgan fingerprint density at radius 2 is 1.82 bits per heavy atom. The number of pyridine rings is 1. The van der Waals surface area contributed by atoms with Crippen LogP contribution in [0.2, 0.25) is 0 Å². The number of thiazole rings is 1. The third-order valence-corrected chi connectivity index (χ3v) is 6.79. The van der Waals surface area contributed by atoms with E-state index in [4.69, 9.17) is 4.98 Å². The zero-order chi connectivity index (χ0) is 23.9. The standard InChI is InChI=1S/C24H31N7O2S/c1-3-21(32)31-16-14-30(15-17-31)13-7-12-25-23(33)28-24-26-19-10-11-20(27-22(19)34-24)29(2)18-8-5-4-6-9-18/h4-6,8-11H,3,7,12-17H2,1-2H3,(H2,25,26,28,33). The lowest BCUT2D eigenvalue weighted by Gasteiger charge is -2.34. The number of carbonyl (C=O) groups is 2. The van der Waals surface area contributed by atoms with Crippen LogP contribution >= 0.6 is 11.3 Å². The van der Waals surface area contributed by atoms with Gasteiger partial charge in [0.25, 0.3) is 0 Å². The van der Waals surface area contributed by atoms with Gasteiger partial charge in [0.05, 0.1) is 0 Å². The molecule has 0 saturated carbocycles. The molecule has 34 heavy (non-hydrogen) atoms. The van der Waals surface area contributed by atoms with Crippen LogP contribution < -0.4 is 15.5 Å². The maximum absolute atomic E-state index is 12.3. The Morgan fingerprint density at radius 1 is 1.06 bits per heavy atom. The predicted octanol–water partition coefficient (Wildman–Crippen LogP) is 3.53. The van der Waals surface area contributed by atoms with Crippen molar-refractivity contribution in [2.24, 2.45) is 0 Å². The fraction of sp³-hybridized carbons (Fsp3) is 0.417. The normalized spacial score (nSPS) is 14.2. The van der Waals surface area contributed by atoms with Crippen molar-refractivity contribution in [1.29, 1.82) is 0 Å². The van der Waals surface area contributed by atoms with Crippen LogP contribution in [0.3, 0.4) is 0 Å². The van der Waals surface area contributed by atoms with E-state index >= 15 is 0 Å². The second kappa shape index (κ2) is 11.3. The summed E-state index contributed by atoms with van der Waals surface area (Å²) in [5.74, 6) is 1.04. The quantitative estimate of drug-likeness (QED) is 0.478. The first-order chi connectivity index (χ1) is 16.5.